The number of hydrogen-bond acceptors (Lipinski definition) is 7. The number of anilines is 2. The maximum atomic E-state index is 12.5. The third-order valence-corrected chi connectivity index (χ3v) is 6.28. The third-order valence-electron chi connectivity index (χ3n) is 5.34. The molecule has 2 aliphatic heterocycles. The van der Waals surface area contributed by atoms with E-state index in [9.17, 15) is 4.79 Å². The van der Waals surface area contributed by atoms with Gasteiger partial charge in [0.1, 0.15) is 0 Å². The Balaban J connectivity index is 1.26. The van der Waals surface area contributed by atoms with Gasteiger partial charge in [0.25, 0.3) is 0 Å². The van der Waals surface area contributed by atoms with Gasteiger partial charge in [-0.25, -0.2) is 9.97 Å². The molecule has 2 aromatic rings. The van der Waals surface area contributed by atoms with E-state index in [1.165, 1.54) is 0 Å². The summed E-state index contributed by atoms with van der Waals surface area (Å²) in [6.45, 7) is 4.28. The van der Waals surface area contributed by atoms with E-state index >= 15 is 0 Å². The van der Waals surface area contributed by atoms with Crippen LogP contribution in [0.5, 0.6) is 0 Å². The smallest absolute Gasteiger partial charge is 0.225 e. The second-order valence-electron chi connectivity index (χ2n) is 7.18. The van der Waals surface area contributed by atoms with E-state index in [2.05, 4.69) is 30.1 Å². The average Bonchev–Trinajstić information content (AvgIpc) is 2.79. The fourth-order valence-electron chi connectivity index (χ4n) is 3.64. The fraction of sp³-hybridized carbons (Fsp3) is 0.500. The summed E-state index contributed by atoms with van der Waals surface area (Å²) in [7, 11) is 0. The van der Waals surface area contributed by atoms with Gasteiger partial charge in [-0.1, -0.05) is 6.07 Å². The molecule has 2 saturated heterocycles. The molecule has 28 heavy (non-hydrogen) atoms. The molecule has 0 saturated carbocycles. The Morgan fingerprint density at radius 1 is 1.07 bits per heavy atom. The van der Waals surface area contributed by atoms with Gasteiger partial charge in [-0.3, -0.25) is 9.78 Å². The maximum Gasteiger partial charge on any atom is 0.225 e. The molecule has 4 rings (SSSR count). The van der Waals surface area contributed by atoms with Crippen molar-refractivity contribution in [3.05, 3.63) is 42.5 Å². The van der Waals surface area contributed by atoms with Crippen molar-refractivity contribution < 1.29 is 4.79 Å². The molecule has 1 N–H and O–H groups in total. The summed E-state index contributed by atoms with van der Waals surface area (Å²) in [5.74, 6) is 3.31. The van der Waals surface area contributed by atoms with Crippen LogP contribution in [0.1, 0.15) is 18.4 Å². The van der Waals surface area contributed by atoms with Crippen LogP contribution in [0.15, 0.2) is 36.9 Å². The highest BCUT2D eigenvalue weighted by molar-refractivity contribution is 7.99. The van der Waals surface area contributed by atoms with E-state index in [1.807, 2.05) is 36.3 Å². The van der Waals surface area contributed by atoms with Gasteiger partial charge in [0, 0.05) is 62.5 Å². The summed E-state index contributed by atoms with van der Waals surface area (Å²) in [6, 6.07) is 3.86. The Kier molecular flexibility index (Phi) is 6.26. The van der Waals surface area contributed by atoms with Crippen molar-refractivity contribution in [1.29, 1.82) is 0 Å². The maximum absolute atomic E-state index is 12.5. The van der Waals surface area contributed by atoms with Crippen molar-refractivity contribution in [2.45, 2.75) is 19.4 Å². The van der Waals surface area contributed by atoms with Crippen LogP contribution < -0.4 is 15.1 Å². The molecule has 0 spiro atoms. The van der Waals surface area contributed by atoms with E-state index in [1.54, 1.807) is 12.4 Å². The molecule has 1 amide bonds. The summed E-state index contributed by atoms with van der Waals surface area (Å²) in [6.07, 6.45) is 9.08. The summed E-state index contributed by atoms with van der Waals surface area (Å²) in [5.41, 5.74) is 2.07. The van der Waals surface area contributed by atoms with E-state index in [4.69, 9.17) is 0 Å². The van der Waals surface area contributed by atoms with Gasteiger partial charge in [-0.2, -0.15) is 11.8 Å². The van der Waals surface area contributed by atoms with Crippen LogP contribution in [0.2, 0.25) is 0 Å². The predicted octanol–water partition coefficient (Wildman–Crippen LogP) is 1.96. The molecule has 0 aliphatic carbocycles. The Bertz CT molecular complexity index is 758. The third kappa shape index (κ3) is 4.73. The first-order valence-electron chi connectivity index (χ1n) is 9.86. The van der Waals surface area contributed by atoms with Crippen molar-refractivity contribution in [3.63, 3.8) is 0 Å². The van der Waals surface area contributed by atoms with Crippen LogP contribution in [-0.2, 0) is 11.3 Å². The van der Waals surface area contributed by atoms with Crippen molar-refractivity contribution in [2.75, 3.05) is 47.5 Å². The first-order valence-corrected chi connectivity index (χ1v) is 11.0. The molecular formula is C20H26N6OS. The molecule has 0 unspecified atom stereocenters. The van der Waals surface area contributed by atoms with Gasteiger partial charge < -0.3 is 15.1 Å². The lowest BCUT2D eigenvalue weighted by atomic mass is 9.95. The molecule has 7 nitrogen and oxygen atoms in total. The van der Waals surface area contributed by atoms with Crippen LogP contribution in [-0.4, -0.2) is 58.5 Å². The quantitative estimate of drug-likeness (QED) is 0.825. The SMILES string of the molecule is O=C(NCc1cccnc1)C1CCN(c2cnc(N3CCSCC3)nc2)CC1. The standard InChI is InChI=1S/C20H26N6OS/c27-19(22-13-16-2-1-5-21-12-16)17-3-6-25(7-4-17)18-14-23-20(24-15-18)26-8-10-28-11-9-26/h1-2,5,12,14-15,17H,3-4,6-11,13H2,(H,22,27). The van der Waals surface area contributed by atoms with E-state index < -0.39 is 0 Å². The minimum atomic E-state index is 0.0685. The second-order valence-corrected chi connectivity index (χ2v) is 8.41. The van der Waals surface area contributed by atoms with Gasteiger partial charge in [-0.15, -0.1) is 0 Å². The Morgan fingerprint density at radius 3 is 2.50 bits per heavy atom. The van der Waals surface area contributed by atoms with Gasteiger partial charge in [-0.05, 0) is 24.5 Å². The van der Waals surface area contributed by atoms with Crippen LogP contribution in [0.25, 0.3) is 0 Å². The number of pyridine rings is 1. The van der Waals surface area contributed by atoms with E-state index in [0.29, 0.717) is 6.54 Å². The minimum absolute atomic E-state index is 0.0685. The number of aromatic nitrogens is 3. The molecule has 0 bridgehead atoms. The summed E-state index contributed by atoms with van der Waals surface area (Å²) in [4.78, 5) is 30.2. The number of rotatable bonds is 5. The van der Waals surface area contributed by atoms with Crippen LogP contribution >= 0.6 is 11.8 Å². The molecule has 2 aliphatic rings. The number of thioether (sulfide) groups is 1. The number of piperidine rings is 1. The average molecular weight is 399 g/mol. The highest BCUT2D eigenvalue weighted by atomic mass is 32.2. The Labute approximate surface area is 170 Å². The minimum Gasteiger partial charge on any atom is -0.369 e. The normalized spacial score (nSPS) is 18.1. The highest BCUT2D eigenvalue weighted by Crippen LogP contribution is 2.24. The first kappa shape index (κ1) is 19.0. The number of carbonyl (C=O) groups is 1. The van der Waals surface area contributed by atoms with Gasteiger partial charge >= 0.3 is 0 Å². The summed E-state index contributed by atoms with van der Waals surface area (Å²) in [5, 5.41) is 3.04. The Hall–Kier alpha value is -2.35. The molecule has 0 radical (unpaired) electrons. The van der Waals surface area contributed by atoms with Crippen molar-refractivity contribution in [1.82, 2.24) is 20.3 Å². The number of hydrogen-bond donors (Lipinski definition) is 1. The number of nitrogens with zero attached hydrogens (tertiary/aromatic N) is 5. The van der Waals surface area contributed by atoms with E-state index in [-0.39, 0.29) is 11.8 Å². The van der Waals surface area contributed by atoms with Crippen molar-refractivity contribution >= 4 is 29.3 Å². The topological polar surface area (TPSA) is 74.2 Å². The van der Waals surface area contributed by atoms with Crippen LogP contribution in [0.3, 0.4) is 0 Å². The molecule has 8 heteroatoms. The predicted molar refractivity (Wildman–Crippen MR) is 113 cm³/mol. The Morgan fingerprint density at radius 2 is 1.82 bits per heavy atom. The zero-order valence-corrected chi connectivity index (χ0v) is 16.8. The molecular weight excluding hydrogens is 372 g/mol. The van der Waals surface area contributed by atoms with Crippen LogP contribution in [0.4, 0.5) is 11.6 Å². The lowest BCUT2D eigenvalue weighted by molar-refractivity contribution is -0.125. The summed E-state index contributed by atoms with van der Waals surface area (Å²) >= 11 is 1.98. The van der Waals surface area contributed by atoms with Crippen LogP contribution in [0, 0.1) is 5.92 Å². The number of amides is 1. The van der Waals surface area contributed by atoms with E-state index in [0.717, 1.165) is 67.7 Å². The molecule has 4 heterocycles. The van der Waals surface area contributed by atoms with Gasteiger partial charge in [0.2, 0.25) is 11.9 Å². The molecule has 0 aromatic carbocycles. The van der Waals surface area contributed by atoms with Gasteiger partial charge in [0.05, 0.1) is 18.1 Å². The zero-order valence-electron chi connectivity index (χ0n) is 16.0. The van der Waals surface area contributed by atoms with Crippen molar-refractivity contribution in [3.8, 4) is 0 Å². The van der Waals surface area contributed by atoms with Gasteiger partial charge in [0.15, 0.2) is 0 Å². The summed E-state index contributed by atoms with van der Waals surface area (Å²) < 4.78 is 0. The number of carbonyl (C=O) groups excluding carboxylic acids is 1. The molecule has 148 valence electrons. The number of nitrogens with one attached hydrogen (secondary N) is 1. The fourth-order valence-corrected chi connectivity index (χ4v) is 4.54. The first-order chi connectivity index (χ1) is 13.8. The van der Waals surface area contributed by atoms with Crippen molar-refractivity contribution in [2.24, 2.45) is 5.92 Å². The molecule has 2 fully saturated rings. The largest absolute Gasteiger partial charge is 0.369 e. The lowest BCUT2D eigenvalue weighted by Crippen LogP contribution is -2.40. The molecule has 0 atom stereocenters. The second kappa shape index (κ2) is 9.23. The monoisotopic (exact) mass is 398 g/mol. The molecule has 2 aromatic heterocycles. The highest BCUT2D eigenvalue weighted by Gasteiger charge is 2.25. The lowest BCUT2D eigenvalue weighted by Gasteiger charge is -2.33. The zero-order chi connectivity index (χ0) is 19.2.